The van der Waals surface area contributed by atoms with E-state index in [0.29, 0.717) is 12.2 Å². The van der Waals surface area contributed by atoms with Gasteiger partial charge in [-0.25, -0.2) is 0 Å². The molecule has 0 amide bonds. The summed E-state index contributed by atoms with van der Waals surface area (Å²) in [7, 11) is 1.87. The first-order valence-corrected chi connectivity index (χ1v) is 5.39. The first kappa shape index (κ1) is 13.0. The molecular formula is C12H20N2O2. The van der Waals surface area contributed by atoms with Crippen molar-refractivity contribution >= 4 is 5.69 Å². The maximum Gasteiger partial charge on any atom is 0.0917 e. The third-order valence-electron chi connectivity index (χ3n) is 2.77. The topological polar surface area (TPSA) is 69.7 Å². The van der Waals surface area contributed by atoms with E-state index in [1.54, 1.807) is 12.1 Å². The number of nitrogen functional groups attached to an aromatic ring is 1. The molecule has 1 rings (SSSR count). The molecule has 0 fully saturated rings. The molecule has 16 heavy (non-hydrogen) atoms. The quantitative estimate of drug-likeness (QED) is 0.641. The van der Waals surface area contributed by atoms with Gasteiger partial charge in [-0.15, -0.1) is 0 Å². The molecule has 0 saturated heterocycles. The fourth-order valence-corrected chi connectivity index (χ4v) is 1.46. The Kier molecular flexibility index (Phi) is 4.73. The van der Waals surface area contributed by atoms with Crippen molar-refractivity contribution in [2.75, 3.05) is 25.9 Å². The number of nitrogens with two attached hydrogens (primary N) is 1. The lowest BCUT2D eigenvalue weighted by Crippen LogP contribution is -2.35. The first-order chi connectivity index (χ1) is 7.54. The van der Waals surface area contributed by atoms with Gasteiger partial charge in [-0.3, -0.25) is 4.90 Å². The highest BCUT2D eigenvalue weighted by molar-refractivity contribution is 5.41. The second-order valence-corrected chi connectivity index (χ2v) is 4.16. The zero-order valence-corrected chi connectivity index (χ0v) is 9.80. The van der Waals surface area contributed by atoms with Crippen LogP contribution in [-0.4, -0.2) is 41.4 Å². The van der Waals surface area contributed by atoms with E-state index in [1.165, 1.54) is 0 Å². The molecule has 4 N–H and O–H groups in total. The molecular weight excluding hydrogens is 204 g/mol. The largest absolute Gasteiger partial charge is 0.399 e. The molecule has 4 nitrogen and oxygen atoms in total. The van der Waals surface area contributed by atoms with Gasteiger partial charge in [-0.1, -0.05) is 12.1 Å². The molecule has 0 aliphatic rings. The summed E-state index contributed by atoms with van der Waals surface area (Å²) in [5, 5.41) is 19.0. The van der Waals surface area contributed by atoms with E-state index < -0.39 is 6.10 Å². The Labute approximate surface area is 96.3 Å². The first-order valence-electron chi connectivity index (χ1n) is 5.39. The third kappa shape index (κ3) is 3.48. The summed E-state index contributed by atoms with van der Waals surface area (Å²) in [5.74, 6) is 0. The monoisotopic (exact) mass is 224 g/mol. The number of hydrogen-bond acceptors (Lipinski definition) is 4. The Morgan fingerprint density at radius 1 is 1.44 bits per heavy atom. The predicted molar refractivity (Wildman–Crippen MR) is 65.0 cm³/mol. The molecule has 1 aromatic carbocycles. The highest BCUT2D eigenvalue weighted by Crippen LogP contribution is 2.17. The lowest BCUT2D eigenvalue weighted by Gasteiger charge is -2.25. The molecule has 0 aliphatic carbocycles. The van der Waals surface area contributed by atoms with E-state index >= 15 is 0 Å². The SMILES string of the molecule is CC(CO)N(C)CC(O)c1cccc(N)c1. The molecule has 1 aromatic rings. The number of anilines is 1. The molecule has 0 aliphatic heterocycles. The molecule has 2 unspecified atom stereocenters. The van der Waals surface area contributed by atoms with Crippen LogP contribution in [-0.2, 0) is 0 Å². The van der Waals surface area contributed by atoms with Crippen LogP contribution in [0.15, 0.2) is 24.3 Å². The summed E-state index contributed by atoms with van der Waals surface area (Å²) in [6.45, 7) is 2.47. The summed E-state index contributed by atoms with van der Waals surface area (Å²) in [6.07, 6.45) is -0.581. The summed E-state index contributed by atoms with van der Waals surface area (Å²) in [6, 6.07) is 7.26. The fourth-order valence-electron chi connectivity index (χ4n) is 1.46. The van der Waals surface area contributed by atoms with Crippen LogP contribution in [0.1, 0.15) is 18.6 Å². The molecule has 0 bridgehead atoms. The van der Waals surface area contributed by atoms with Crippen LogP contribution in [0.4, 0.5) is 5.69 Å². The number of aliphatic hydroxyl groups is 2. The lowest BCUT2D eigenvalue weighted by molar-refractivity contribution is 0.0862. The summed E-state index contributed by atoms with van der Waals surface area (Å²) in [5.41, 5.74) is 7.10. The minimum Gasteiger partial charge on any atom is -0.399 e. The second-order valence-electron chi connectivity index (χ2n) is 4.16. The minimum absolute atomic E-state index is 0.0377. The van der Waals surface area contributed by atoms with Gasteiger partial charge in [-0.2, -0.15) is 0 Å². The highest BCUT2D eigenvalue weighted by Gasteiger charge is 2.14. The number of nitrogens with zero attached hydrogens (tertiary/aromatic N) is 1. The normalized spacial score (nSPS) is 15.1. The van der Waals surface area contributed by atoms with E-state index in [-0.39, 0.29) is 12.6 Å². The Bertz CT molecular complexity index is 331. The number of rotatable bonds is 5. The fraction of sp³-hybridized carbons (Fsp3) is 0.500. The number of aliphatic hydroxyl groups excluding tert-OH is 2. The van der Waals surface area contributed by atoms with Crippen molar-refractivity contribution in [3.05, 3.63) is 29.8 Å². The number of likely N-dealkylation sites (N-methyl/N-ethyl adjacent to an activating group) is 1. The van der Waals surface area contributed by atoms with Gasteiger partial charge in [0.05, 0.1) is 12.7 Å². The smallest absolute Gasteiger partial charge is 0.0917 e. The van der Waals surface area contributed by atoms with Crippen LogP contribution in [0.3, 0.4) is 0 Å². The van der Waals surface area contributed by atoms with Gasteiger partial charge >= 0.3 is 0 Å². The minimum atomic E-state index is -0.581. The van der Waals surface area contributed by atoms with Crippen molar-refractivity contribution in [2.24, 2.45) is 0 Å². The molecule has 90 valence electrons. The Morgan fingerprint density at radius 3 is 2.69 bits per heavy atom. The van der Waals surface area contributed by atoms with Gasteiger partial charge in [0, 0.05) is 18.3 Å². The van der Waals surface area contributed by atoms with Crippen molar-refractivity contribution in [3.8, 4) is 0 Å². The summed E-state index contributed by atoms with van der Waals surface area (Å²) < 4.78 is 0. The van der Waals surface area contributed by atoms with Crippen LogP contribution in [0, 0.1) is 0 Å². The average molecular weight is 224 g/mol. The van der Waals surface area contributed by atoms with Gasteiger partial charge in [0.2, 0.25) is 0 Å². The van der Waals surface area contributed by atoms with Crippen LogP contribution in [0.25, 0.3) is 0 Å². The predicted octanol–water partition coefficient (Wildman–Crippen LogP) is 0.615. The Hall–Kier alpha value is -1.10. The molecule has 0 heterocycles. The van der Waals surface area contributed by atoms with Crippen molar-refractivity contribution in [2.45, 2.75) is 19.1 Å². The standard InChI is InChI=1S/C12H20N2O2/c1-9(8-15)14(2)7-12(16)10-4-3-5-11(13)6-10/h3-6,9,12,15-16H,7-8,13H2,1-2H3. The second kappa shape index (κ2) is 5.84. The Balaban J connectivity index is 2.61. The van der Waals surface area contributed by atoms with Crippen LogP contribution in [0.5, 0.6) is 0 Å². The molecule has 4 heteroatoms. The Morgan fingerprint density at radius 2 is 2.12 bits per heavy atom. The summed E-state index contributed by atoms with van der Waals surface area (Å²) in [4.78, 5) is 1.91. The number of benzene rings is 1. The van der Waals surface area contributed by atoms with Crippen molar-refractivity contribution in [3.63, 3.8) is 0 Å². The highest BCUT2D eigenvalue weighted by atomic mass is 16.3. The zero-order chi connectivity index (χ0) is 12.1. The zero-order valence-electron chi connectivity index (χ0n) is 9.80. The van der Waals surface area contributed by atoms with E-state index in [9.17, 15) is 5.11 Å². The molecule has 0 spiro atoms. The molecule has 2 atom stereocenters. The number of hydrogen-bond donors (Lipinski definition) is 3. The lowest BCUT2D eigenvalue weighted by atomic mass is 10.1. The van der Waals surface area contributed by atoms with E-state index in [0.717, 1.165) is 5.56 Å². The van der Waals surface area contributed by atoms with Gasteiger partial charge in [0.15, 0.2) is 0 Å². The van der Waals surface area contributed by atoms with E-state index in [4.69, 9.17) is 10.8 Å². The summed E-state index contributed by atoms with van der Waals surface area (Å²) >= 11 is 0. The van der Waals surface area contributed by atoms with Gasteiger partial charge in [0.25, 0.3) is 0 Å². The van der Waals surface area contributed by atoms with Crippen molar-refractivity contribution in [1.82, 2.24) is 4.90 Å². The van der Waals surface area contributed by atoms with E-state index in [2.05, 4.69) is 0 Å². The average Bonchev–Trinajstić information content (AvgIpc) is 2.27. The van der Waals surface area contributed by atoms with Crippen LogP contribution in [0.2, 0.25) is 0 Å². The van der Waals surface area contributed by atoms with Crippen LogP contribution < -0.4 is 5.73 Å². The van der Waals surface area contributed by atoms with Crippen molar-refractivity contribution in [1.29, 1.82) is 0 Å². The molecule has 0 aromatic heterocycles. The van der Waals surface area contributed by atoms with Gasteiger partial charge in [-0.05, 0) is 31.7 Å². The van der Waals surface area contributed by atoms with E-state index in [1.807, 2.05) is 31.0 Å². The van der Waals surface area contributed by atoms with Crippen LogP contribution >= 0.6 is 0 Å². The van der Waals surface area contributed by atoms with Gasteiger partial charge < -0.3 is 15.9 Å². The third-order valence-corrected chi connectivity index (χ3v) is 2.77. The molecule has 0 radical (unpaired) electrons. The van der Waals surface area contributed by atoms with Crippen molar-refractivity contribution < 1.29 is 10.2 Å². The van der Waals surface area contributed by atoms with Gasteiger partial charge in [0.1, 0.15) is 0 Å². The maximum absolute atomic E-state index is 9.98. The molecule has 0 saturated carbocycles. The maximum atomic E-state index is 9.98.